The van der Waals surface area contributed by atoms with Gasteiger partial charge >= 0.3 is 0 Å². The topological polar surface area (TPSA) is 12.0 Å². The van der Waals surface area contributed by atoms with E-state index >= 15 is 0 Å². The van der Waals surface area contributed by atoms with Gasteiger partial charge in [-0.15, -0.1) is 12.4 Å². The molecule has 0 unspecified atom stereocenters. The number of nitrogens with one attached hydrogen (secondary N) is 1. The third-order valence-corrected chi connectivity index (χ3v) is 2.45. The molecule has 80 valence electrons. The molecule has 1 aliphatic rings. The Balaban J connectivity index is 0.000000381. The molecule has 0 saturated heterocycles. The molecule has 3 heteroatoms. The van der Waals surface area contributed by atoms with Crippen molar-refractivity contribution < 1.29 is 0 Å². The van der Waals surface area contributed by atoms with Crippen molar-refractivity contribution in [3.05, 3.63) is 34.3 Å². The molecule has 1 nitrogen and oxygen atoms in total. The summed E-state index contributed by atoms with van der Waals surface area (Å²) in [5, 5.41) is 2.75. The van der Waals surface area contributed by atoms with Crippen LogP contribution in [0.3, 0.4) is 0 Å². The number of benzene rings is 1. The molecule has 0 radical (unpaired) electrons. The van der Waals surface area contributed by atoms with E-state index in [1.807, 2.05) is 14.1 Å². The molecule has 1 fully saturated rings. The van der Waals surface area contributed by atoms with Crippen LogP contribution >= 0.6 is 28.3 Å². The Morgan fingerprint density at radius 1 is 1.14 bits per heavy atom. The Bertz CT molecular complexity index is 244. The van der Waals surface area contributed by atoms with Gasteiger partial charge in [-0.05, 0) is 50.6 Å². The van der Waals surface area contributed by atoms with Gasteiger partial charge < -0.3 is 5.32 Å². The molecule has 0 spiro atoms. The van der Waals surface area contributed by atoms with Crippen molar-refractivity contribution in [1.82, 2.24) is 5.32 Å². The van der Waals surface area contributed by atoms with Gasteiger partial charge in [0.1, 0.15) is 0 Å². The van der Waals surface area contributed by atoms with E-state index in [4.69, 9.17) is 0 Å². The van der Waals surface area contributed by atoms with E-state index in [9.17, 15) is 0 Å². The molecule has 2 rings (SSSR count). The number of hydrogen-bond acceptors (Lipinski definition) is 1. The second-order valence-electron chi connectivity index (χ2n) is 3.33. The standard InChI is InChI=1S/C9H9Br.C2H7N.ClH/c10-9-5-3-8(4-6-9)7-1-2-7;1-3-2;/h3-7H,1-2H2;3H,1-2H3;1H. The highest BCUT2D eigenvalue weighted by Crippen LogP contribution is 2.40. The zero-order chi connectivity index (χ0) is 9.68. The van der Waals surface area contributed by atoms with Gasteiger partial charge in [0.25, 0.3) is 0 Å². The summed E-state index contributed by atoms with van der Waals surface area (Å²) in [5.41, 5.74) is 1.50. The van der Waals surface area contributed by atoms with Crippen LogP contribution in [0.15, 0.2) is 28.7 Å². The predicted molar refractivity (Wildman–Crippen MR) is 68.3 cm³/mol. The van der Waals surface area contributed by atoms with E-state index in [2.05, 4.69) is 45.5 Å². The first-order valence-electron chi connectivity index (χ1n) is 4.62. The zero-order valence-electron chi connectivity index (χ0n) is 8.59. The highest BCUT2D eigenvalue weighted by Gasteiger charge is 2.22. The predicted octanol–water partition coefficient (Wildman–Crippen LogP) is 3.58. The first-order valence-corrected chi connectivity index (χ1v) is 5.41. The van der Waals surface area contributed by atoms with E-state index < -0.39 is 0 Å². The van der Waals surface area contributed by atoms with Crippen LogP contribution in [0.4, 0.5) is 0 Å². The van der Waals surface area contributed by atoms with Gasteiger partial charge in [0.2, 0.25) is 0 Å². The summed E-state index contributed by atoms with van der Waals surface area (Å²) >= 11 is 3.41. The maximum Gasteiger partial charge on any atom is 0.0175 e. The minimum absolute atomic E-state index is 0. The van der Waals surface area contributed by atoms with E-state index in [-0.39, 0.29) is 12.4 Å². The third-order valence-electron chi connectivity index (χ3n) is 1.92. The number of halogens is 2. The third kappa shape index (κ3) is 4.99. The lowest BCUT2D eigenvalue weighted by atomic mass is 10.1. The van der Waals surface area contributed by atoms with Crippen LogP contribution in [0, 0.1) is 0 Å². The van der Waals surface area contributed by atoms with Crippen LogP contribution < -0.4 is 5.32 Å². The Labute approximate surface area is 101 Å². The van der Waals surface area contributed by atoms with Crippen molar-refractivity contribution in [3.63, 3.8) is 0 Å². The molecular weight excluding hydrogens is 261 g/mol. The van der Waals surface area contributed by atoms with Crippen LogP contribution in [0.5, 0.6) is 0 Å². The molecular formula is C11H17BrClN. The van der Waals surface area contributed by atoms with E-state index in [1.165, 1.54) is 22.9 Å². The molecule has 1 aromatic rings. The summed E-state index contributed by atoms with van der Waals surface area (Å²) in [6, 6.07) is 8.66. The highest BCUT2D eigenvalue weighted by molar-refractivity contribution is 9.10. The van der Waals surface area contributed by atoms with Crippen molar-refractivity contribution in [2.45, 2.75) is 18.8 Å². The molecule has 1 N–H and O–H groups in total. The molecule has 0 heterocycles. The van der Waals surface area contributed by atoms with Gasteiger partial charge in [-0.1, -0.05) is 28.1 Å². The van der Waals surface area contributed by atoms with Gasteiger partial charge in [0.15, 0.2) is 0 Å². The molecule has 14 heavy (non-hydrogen) atoms. The highest BCUT2D eigenvalue weighted by atomic mass is 79.9. The fourth-order valence-corrected chi connectivity index (χ4v) is 1.42. The zero-order valence-corrected chi connectivity index (χ0v) is 11.0. The SMILES string of the molecule is Brc1ccc(C2CC2)cc1.CNC.Cl. The van der Waals surface area contributed by atoms with Gasteiger partial charge in [-0.3, -0.25) is 0 Å². The minimum atomic E-state index is 0. The first-order chi connectivity index (χ1) is 6.27. The second-order valence-corrected chi connectivity index (χ2v) is 4.24. The van der Waals surface area contributed by atoms with Crippen LogP contribution in [-0.4, -0.2) is 14.1 Å². The Morgan fingerprint density at radius 3 is 1.93 bits per heavy atom. The maximum atomic E-state index is 3.41. The Hall–Kier alpha value is -0.0500. The summed E-state index contributed by atoms with van der Waals surface area (Å²) in [6.45, 7) is 0. The van der Waals surface area contributed by atoms with Crippen molar-refractivity contribution >= 4 is 28.3 Å². The summed E-state index contributed by atoms with van der Waals surface area (Å²) in [4.78, 5) is 0. The monoisotopic (exact) mass is 277 g/mol. The van der Waals surface area contributed by atoms with E-state index in [0.29, 0.717) is 0 Å². The lowest BCUT2D eigenvalue weighted by Gasteiger charge is -1.95. The molecule has 0 aliphatic heterocycles. The normalized spacial score (nSPS) is 13.6. The quantitative estimate of drug-likeness (QED) is 0.828. The molecule has 0 bridgehead atoms. The Morgan fingerprint density at radius 2 is 1.57 bits per heavy atom. The van der Waals surface area contributed by atoms with Crippen molar-refractivity contribution in [1.29, 1.82) is 0 Å². The maximum absolute atomic E-state index is 3.41. The van der Waals surface area contributed by atoms with Crippen molar-refractivity contribution in [3.8, 4) is 0 Å². The first kappa shape index (κ1) is 13.9. The minimum Gasteiger partial charge on any atom is -0.323 e. The summed E-state index contributed by atoms with van der Waals surface area (Å²) < 4.78 is 1.18. The van der Waals surface area contributed by atoms with Crippen LogP contribution in [0.25, 0.3) is 0 Å². The van der Waals surface area contributed by atoms with Gasteiger partial charge in [0, 0.05) is 4.47 Å². The van der Waals surface area contributed by atoms with Gasteiger partial charge in [0.05, 0.1) is 0 Å². The second kappa shape index (κ2) is 7.27. The smallest absolute Gasteiger partial charge is 0.0175 e. The number of rotatable bonds is 1. The molecule has 0 amide bonds. The van der Waals surface area contributed by atoms with Crippen LogP contribution in [0.1, 0.15) is 24.3 Å². The lowest BCUT2D eigenvalue weighted by Crippen LogP contribution is -1.89. The molecule has 1 saturated carbocycles. The van der Waals surface area contributed by atoms with E-state index in [1.54, 1.807) is 0 Å². The summed E-state index contributed by atoms with van der Waals surface area (Å²) in [6.07, 6.45) is 2.78. The summed E-state index contributed by atoms with van der Waals surface area (Å²) in [5.74, 6) is 0.882. The van der Waals surface area contributed by atoms with E-state index in [0.717, 1.165) is 5.92 Å². The molecule has 1 aromatic carbocycles. The van der Waals surface area contributed by atoms with Crippen molar-refractivity contribution in [2.24, 2.45) is 0 Å². The average molecular weight is 279 g/mol. The largest absolute Gasteiger partial charge is 0.323 e. The fourth-order valence-electron chi connectivity index (χ4n) is 1.15. The molecule has 0 atom stereocenters. The van der Waals surface area contributed by atoms with Crippen LogP contribution in [0.2, 0.25) is 0 Å². The average Bonchev–Trinajstić information content (AvgIpc) is 2.90. The fraction of sp³-hybridized carbons (Fsp3) is 0.455. The van der Waals surface area contributed by atoms with Crippen molar-refractivity contribution in [2.75, 3.05) is 14.1 Å². The molecule has 1 aliphatic carbocycles. The lowest BCUT2D eigenvalue weighted by molar-refractivity contribution is 1.02. The number of hydrogen-bond donors (Lipinski definition) is 1. The molecule has 0 aromatic heterocycles. The van der Waals surface area contributed by atoms with Gasteiger partial charge in [-0.2, -0.15) is 0 Å². The van der Waals surface area contributed by atoms with Gasteiger partial charge in [-0.25, -0.2) is 0 Å². The summed E-state index contributed by atoms with van der Waals surface area (Å²) in [7, 11) is 3.75. The Kier molecular flexibility index (Phi) is 7.24. The van der Waals surface area contributed by atoms with Crippen LogP contribution in [-0.2, 0) is 0 Å².